The molecule has 208 valence electrons. The first-order valence-corrected chi connectivity index (χ1v) is 17.2. The van der Waals surface area contributed by atoms with E-state index in [4.69, 9.17) is 0 Å². The van der Waals surface area contributed by atoms with E-state index < -0.39 is 44.6 Å². The minimum atomic E-state index is -2.33. The van der Waals surface area contributed by atoms with Crippen LogP contribution in [0.2, 0.25) is 0 Å². The monoisotopic (exact) mass is 630 g/mol. The van der Waals surface area contributed by atoms with Gasteiger partial charge in [-0.15, -0.1) is 0 Å². The molecule has 2 aromatic rings. The molecule has 0 aromatic heterocycles. The van der Waals surface area contributed by atoms with Gasteiger partial charge in [0.1, 0.15) is 5.60 Å². The Kier molecular flexibility index (Phi) is 18.9. The Morgan fingerprint density at radius 1 is 0.711 bits per heavy atom. The van der Waals surface area contributed by atoms with Crippen molar-refractivity contribution in [1.82, 2.24) is 0 Å². The normalized spacial score (nSPS) is 12.9. The van der Waals surface area contributed by atoms with E-state index in [1.807, 2.05) is 0 Å². The number of hydrogen-bond acceptors (Lipinski definition) is 5. The summed E-state index contributed by atoms with van der Waals surface area (Å²) in [7, 11) is 0. The molecule has 2 rings (SSSR count). The van der Waals surface area contributed by atoms with Crippen molar-refractivity contribution in [3.05, 3.63) is 60.7 Å². The number of unbranched alkanes of at least 4 members (excludes halogenated alkanes) is 10. The van der Waals surface area contributed by atoms with E-state index in [0.717, 1.165) is 64.2 Å². The van der Waals surface area contributed by atoms with Gasteiger partial charge in [-0.2, -0.15) is 0 Å². The van der Waals surface area contributed by atoms with E-state index in [9.17, 15) is 24.9 Å². The van der Waals surface area contributed by atoms with Crippen molar-refractivity contribution in [1.29, 1.82) is 0 Å². The second-order valence-electron chi connectivity index (χ2n) is 10.0. The average Bonchev–Trinajstić information content (AvgIpc) is 2.91. The van der Waals surface area contributed by atoms with Gasteiger partial charge in [0, 0.05) is 11.9 Å². The van der Waals surface area contributed by atoms with Crippen LogP contribution in [0.1, 0.15) is 104 Å². The van der Waals surface area contributed by atoms with E-state index >= 15 is 0 Å². The summed E-state index contributed by atoms with van der Waals surface area (Å²) >= 11 is -0.517. The predicted octanol–water partition coefficient (Wildman–Crippen LogP) is 3.68. The fourth-order valence-corrected chi connectivity index (χ4v) is 7.48. The third-order valence-corrected chi connectivity index (χ3v) is 10.4. The van der Waals surface area contributed by atoms with Gasteiger partial charge in [-0.1, -0.05) is 90.9 Å². The van der Waals surface area contributed by atoms with Crippen molar-refractivity contribution in [2.75, 3.05) is 0 Å². The van der Waals surface area contributed by atoms with E-state index in [-0.39, 0.29) is 12.8 Å². The topological polar surface area (TPSA) is 100 Å². The molecule has 38 heavy (non-hydrogen) atoms. The second kappa shape index (κ2) is 21.0. The molecule has 5 nitrogen and oxygen atoms in total. The third-order valence-electron chi connectivity index (χ3n) is 6.81. The quantitative estimate of drug-likeness (QED) is 0.189. The molecular weight excluding hydrogens is 583 g/mol. The molecule has 0 aliphatic rings. The molecule has 1 N–H and O–H groups in total. The number of aliphatic carboxylic acids is 2. The molecule has 2 atom stereocenters. The van der Waals surface area contributed by atoms with Crippen molar-refractivity contribution >= 4 is 40.2 Å². The van der Waals surface area contributed by atoms with Crippen LogP contribution < -0.4 is 17.4 Å². The Morgan fingerprint density at radius 3 is 1.55 bits per heavy atom. The number of carboxylic acid groups (broad SMARTS) is 2. The predicted molar refractivity (Wildman–Crippen MR) is 152 cm³/mol. The summed E-state index contributed by atoms with van der Waals surface area (Å²) in [6.45, 7) is 4.23. The minimum absolute atomic E-state index is 0.0874. The van der Waals surface area contributed by atoms with Crippen molar-refractivity contribution in [3.63, 3.8) is 0 Å². The van der Waals surface area contributed by atoms with Crippen LogP contribution in [-0.2, 0) is 9.59 Å². The zero-order chi connectivity index (χ0) is 28.1. The van der Waals surface area contributed by atoms with Crippen LogP contribution >= 0.6 is 0 Å². The van der Waals surface area contributed by atoms with Gasteiger partial charge in [0.2, 0.25) is 0 Å². The van der Waals surface area contributed by atoms with Crippen LogP contribution in [0, 0.1) is 5.92 Å². The molecule has 0 saturated carbocycles. The standard InChI is InChI=1S/C20H38O5.2C6H5.Sn/c1-3-5-7-9-11-13-15-17(18(21)22)20(25,19(23)24)16-14-12-10-8-6-4-2;2*1-2-4-6-5-3-1;/h17,25H,3-16H2,1-2H3,(H,21,22)(H,23,24);2*1-5H;/q;;;+2/p-2. The molecule has 2 unspecified atom stereocenters. The summed E-state index contributed by atoms with van der Waals surface area (Å²) < 4.78 is 3.08. The molecular formula is C32H46O5Sn. The van der Waals surface area contributed by atoms with Gasteiger partial charge < -0.3 is 24.9 Å². The van der Waals surface area contributed by atoms with Gasteiger partial charge in [-0.3, -0.25) is 0 Å². The fraction of sp³-hybridized carbons (Fsp3) is 0.562. The third kappa shape index (κ3) is 14.3. The Labute approximate surface area is 240 Å². The number of carbonyl (C=O) groups excluding carboxylic acids is 2. The average molecular weight is 629 g/mol. The van der Waals surface area contributed by atoms with Gasteiger partial charge in [-0.25, -0.2) is 0 Å². The summed E-state index contributed by atoms with van der Waals surface area (Å²) in [5.74, 6) is -4.59. The number of rotatable bonds is 19. The fourth-order valence-electron chi connectivity index (χ4n) is 4.48. The zero-order valence-electron chi connectivity index (χ0n) is 23.3. The molecule has 0 spiro atoms. The number of hydrogen-bond donors (Lipinski definition) is 1. The Balaban J connectivity index is 0.000000457. The van der Waals surface area contributed by atoms with Crippen LogP contribution in [0.3, 0.4) is 0 Å². The molecule has 0 heterocycles. The van der Waals surface area contributed by atoms with Crippen LogP contribution in [-0.4, -0.2) is 43.8 Å². The van der Waals surface area contributed by atoms with Gasteiger partial charge in [0.15, 0.2) is 0 Å². The first-order chi connectivity index (χ1) is 18.3. The van der Waals surface area contributed by atoms with Gasteiger partial charge >= 0.3 is 89.0 Å². The van der Waals surface area contributed by atoms with Gasteiger partial charge in [-0.05, 0) is 12.8 Å². The zero-order valence-corrected chi connectivity index (χ0v) is 26.2. The van der Waals surface area contributed by atoms with Crippen LogP contribution in [0.5, 0.6) is 0 Å². The van der Waals surface area contributed by atoms with Crippen molar-refractivity contribution in [2.45, 2.75) is 109 Å². The van der Waals surface area contributed by atoms with Crippen LogP contribution in [0.25, 0.3) is 0 Å². The van der Waals surface area contributed by atoms with E-state index in [1.165, 1.54) is 7.16 Å². The first-order valence-electron chi connectivity index (χ1n) is 14.4. The molecule has 0 fully saturated rings. The number of carbonyl (C=O) groups is 2. The van der Waals surface area contributed by atoms with E-state index in [2.05, 4.69) is 74.5 Å². The summed E-state index contributed by atoms with van der Waals surface area (Å²) in [5.41, 5.74) is -2.33. The summed E-state index contributed by atoms with van der Waals surface area (Å²) in [6.07, 6.45) is 11.4. The molecule has 0 bridgehead atoms. The Bertz CT molecular complexity index is 836. The van der Waals surface area contributed by atoms with Crippen LogP contribution in [0.4, 0.5) is 0 Å². The number of benzene rings is 2. The van der Waals surface area contributed by atoms with Crippen LogP contribution in [0.15, 0.2) is 60.7 Å². The molecule has 6 heteroatoms. The molecule has 0 saturated heterocycles. The molecule has 0 radical (unpaired) electrons. The van der Waals surface area contributed by atoms with E-state index in [1.54, 1.807) is 0 Å². The summed E-state index contributed by atoms with van der Waals surface area (Å²) in [4.78, 5) is 22.9. The molecule has 0 aliphatic carbocycles. The Morgan fingerprint density at radius 2 is 1.13 bits per heavy atom. The van der Waals surface area contributed by atoms with Crippen molar-refractivity contribution in [3.8, 4) is 0 Å². The summed E-state index contributed by atoms with van der Waals surface area (Å²) in [6, 6.07) is 21.6. The summed E-state index contributed by atoms with van der Waals surface area (Å²) in [5, 5.41) is 33.4. The molecule has 0 amide bonds. The van der Waals surface area contributed by atoms with Gasteiger partial charge in [0.25, 0.3) is 0 Å². The maximum absolute atomic E-state index is 11.5. The van der Waals surface area contributed by atoms with E-state index in [0.29, 0.717) is 12.8 Å². The molecule has 2 aromatic carbocycles. The number of carboxylic acids is 2. The van der Waals surface area contributed by atoms with Crippen molar-refractivity contribution in [2.24, 2.45) is 5.92 Å². The van der Waals surface area contributed by atoms with Gasteiger partial charge in [0.05, 0.1) is 5.97 Å². The molecule has 0 aliphatic heterocycles. The second-order valence-corrected chi connectivity index (χ2v) is 14.0. The van der Waals surface area contributed by atoms with Crippen molar-refractivity contribution < 1.29 is 24.9 Å². The maximum atomic E-state index is 11.5. The first kappa shape index (κ1) is 34.2. The Hall–Kier alpha value is -1.86. The number of aliphatic hydroxyl groups is 1. The SMILES string of the molecule is CCCCCCCCC(C(=O)[O-])C(O)(CCCCCCCC)C(=O)[O-].c1cc[c]([Sn+2][c]2ccccc2)cc1.